The molecule has 0 bridgehead atoms. The number of fused-ring (bicyclic) bond motifs is 2. The van der Waals surface area contributed by atoms with Crippen LogP contribution in [0, 0.1) is 5.82 Å². The van der Waals surface area contributed by atoms with Crippen LogP contribution in [-0.4, -0.2) is 12.9 Å². The highest BCUT2D eigenvalue weighted by atomic mass is 32.2. The van der Waals surface area contributed by atoms with Gasteiger partial charge in [-0.2, -0.15) is 0 Å². The van der Waals surface area contributed by atoms with E-state index in [9.17, 15) is 9.18 Å². The predicted molar refractivity (Wildman–Crippen MR) is 71.6 cm³/mol. The summed E-state index contributed by atoms with van der Waals surface area (Å²) in [7, 11) is 1.56. The molecule has 2 aromatic carbocycles. The van der Waals surface area contributed by atoms with Crippen LogP contribution in [0.2, 0.25) is 0 Å². The largest absolute Gasteiger partial charge is 0.497 e. The number of carbonyl (C=O) groups is 1. The van der Waals surface area contributed by atoms with Crippen LogP contribution in [0.4, 0.5) is 4.39 Å². The highest BCUT2D eigenvalue weighted by molar-refractivity contribution is 7.99. The molecule has 0 aliphatic carbocycles. The lowest BCUT2D eigenvalue weighted by Gasteiger charge is -2.06. The van der Waals surface area contributed by atoms with Crippen molar-refractivity contribution in [3.63, 3.8) is 0 Å². The molecule has 0 aromatic heterocycles. The van der Waals surface area contributed by atoms with Gasteiger partial charge in [0, 0.05) is 27.3 Å². The molecule has 0 amide bonds. The molecule has 19 heavy (non-hydrogen) atoms. The minimum atomic E-state index is -0.321. The van der Waals surface area contributed by atoms with Crippen molar-refractivity contribution < 1.29 is 13.9 Å². The fourth-order valence-corrected chi connectivity index (χ4v) is 3.22. The molecule has 1 aliphatic heterocycles. The van der Waals surface area contributed by atoms with Crippen LogP contribution < -0.4 is 4.74 Å². The van der Waals surface area contributed by atoms with E-state index < -0.39 is 0 Å². The second-order valence-electron chi connectivity index (χ2n) is 4.28. The van der Waals surface area contributed by atoms with Gasteiger partial charge in [0.25, 0.3) is 0 Å². The molecule has 2 aromatic rings. The minimum absolute atomic E-state index is 0.0785. The minimum Gasteiger partial charge on any atom is -0.497 e. The van der Waals surface area contributed by atoms with Crippen LogP contribution in [0.5, 0.6) is 5.75 Å². The van der Waals surface area contributed by atoms with Crippen molar-refractivity contribution in [2.75, 3.05) is 7.11 Å². The van der Waals surface area contributed by atoms with E-state index in [0.717, 1.165) is 9.79 Å². The van der Waals surface area contributed by atoms with Crippen molar-refractivity contribution in [2.45, 2.75) is 16.2 Å². The molecular formula is C15H11FO2S. The Hall–Kier alpha value is -1.81. The Kier molecular flexibility index (Phi) is 3.03. The van der Waals surface area contributed by atoms with Crippen molar-refractivity contribution >= 4 is 17.5 Å². The lowest BCUT2D eigenvalue weighted by molar-refractivity contribution is 0.0988. The van der Waals surface area contributed by atoms with Gasteiger partial charge in [0.2, 0.25) is 0 Å². The third-order valence-corrected chi connectivity index (χ3v) is 4.30. The van der Waals surface area contributed by atoms with Crippen molar-refractivity contribution in [3.05, 3.63) is 53.3 Å². The molecule has 2 nitrogen and oxygen atoms in total. The maximum atomic E-state index is 13.8. The first-order chi connectivity index (χ1) is 9.19. The molecule has 3 rings (SSSR count). The summed E-state index contributed by atoms with van der Waals surface area (Å²) in [6.07, 6.45) is 0.0924. The second-order valence-corrected chi connectivity index (χ2v) is 5.36. The van der Waals surface area contributed by atoms with Crippen molar-refractivity contribution in [1.29, 1.82) is 0 Å². The number of Topliss-reactive ketones (excluding diaryl/α,β-unsaturated/α-hetero) is 1. The van der Waals surface area contributed by atoms with Crippen molar-refractivity contribution in [3.8, 4) is 5.75 Å². The zero-order chi connectivity index (χ0) is 13.4. The van der Waals surface area contributed by atoms with Gasteiger partial charge in [0.05, 0.1) is 7.11 Å². The predicted octanol–water partition coefficient (Wildman–Crippen LogP) is 3.72. The highest BCUT2D eigenvalue weighted by Crippen LogP contribution is 2.39. The van der Waals surface area contributed by atoms with Gasteiger partial charge in [-0.3, -0.25) is 4.79 Å². The Morgan fingerprint density at radius 3 is 2.84 bits per heavy atom. The molecular weight excluding hydrogens is 263 g/mol. The van der Waals surface area contributed by atoms with E-state index in [-0.39, 0.29) is 18.0 Å². The first-order valence-electron chi connectivity index (χ1n) is 5.85. The fourth-order valence-electron chi connectivity index (χ4n) is 2.12. The normalized spacial score (nSPS) is 13.5. The summed E-state index contributed by atoms with van der Waals surface area (Å²) in [5.41, 5.74) is 1.08. The molecule has 1 aliphatic rings. The molecule has 0 N–H and O–H groups in total. The Morgan fingerprint density at radius 1 is 1.21 bits per heavy atom. The molecule has 0 atom stereocenters. The van der Waals surface area contributed by atoms with E-state index in [2.05, 4.69) is 0 Å². The lowest BCUT2D eigenvalue weighted by atomic mass is 10.0. The van der Waals surface area contributed by atoms with E-state index in [0.29, 0.717) is 16.9 Å². The quantitative estimate of drug-likeness (QED) is 0.792. The topological polar surface area (TPSA) is 26.3 Å². The second kappa shape index (κ2) is 4.70. The molecule has 4 heteroatoms. The van der Waals surface area contributed by atoms with Gasteiger partial charge < -0.3 is 4.74 Å². The Labute approximate surface area is 114 Å². The molecule has 0 fully saturated rings. The van der Waals surface area contributed by atoms with Crippen molar-refractivity contribution in [1.82, 2.24) is 0 Å². The van der Waals surface area contributed by atoms with E-state index in [1.807, 2.05) is 18.2 Å². The number of ether oxygens (including phenoxy) is 1. The van der Waals surface area contributed by atoms with Crippen LogP contribution in [0.15, 0.2) is 46.2 Å². The average molecular weight is 274 g/mol. The summed E-state index contributed by atoms with van der Waals surface area (Å²) >= 11 is 1.42. The highest BCUT2D eigenvalue weighted by Gasteiger charge is 2.23. The third-order valence-electron chi connectivity index (χ3n) is 3.12. The number of ketones is 1. The summed E-state index contributed by atoms with van der Waals surface area (Å²) in [5, 5.41) is 0. The smallest absolute Gasteiger partial charge is 0.168 e. The van der Waals surface area contributed by atoms with Gasteiger partial charge in [-0.05, 0) is 30.3 Å². The standard InChI is InChI=1S/C15H11FO2S/c1-18-9-5-6-15-11(7-9)13(17)8-10-12(16)3-2-4-14(10)19-15/h2-7H,8H2,1H3. The van der Waals surface area contributed by atoms with Crippen LogP contribution in [0.25, 0.3) is 0 Å². The van der Waals surface area contributed by atoms with Gasteiger partial charge in [-0.25, -0.2) is 4.39 Å². The number of rotatable bonds is 1. The first-order valence-corrected chi connectivity index (χ1v) is 6.67. The number of hydrogen-bond acceptors (Lipinski definition) is 3. The molecule has 1 heterocycles. The maximum absolute atomic E-state index is 13.8. The zero-order valence-electron chi connectivity index (χ0n) is 10.3. The van der Waals surface area contributed by atoms with E-state index in [1.165, 1.54) is 17.8 Å². The van der Waals surface area contributed by atoms with Crippen LogP contribution in [0.3, 0.4) is 0 Å². The van der Waals surface area contributed by atoms with E-state index in [4.69, 9.17) is 4.74 Å². The Balaban J connectivity index is 2.15. The monoisotopic (exact) mass is 274 g/mol. The Morgan fingerprint density at radius 2 is 2.05 bits per heavy atom. The summed E-state index contributed by atoms with van der Waals surface area (Å²) < 4.78 is 18.9. The Bertz CT molecular complexity index is 667. The summed E-state index contributed by atoms with van der Waals surface area (Å²) in [4.78, 5) is 13.9. The molecule has 0 saturated carbocycles. The van der Waals surface area contributed by atoms with E-state index in [1.54, 1.807) is 19.2 Å². The average Bonchev–Trinajstić information content (AvgIpc) is 2.56. The fraction of sp³-hybridized carbons (Fsp3) is 0.133. The van der Waals surface area contributed by atoms with Crippen LogP contribution in [-0.2, 0) is 6.42 Å². The van der Waals surface area contributed by atoms with Gasteiger partial charge in [-0.1, -0.05) is 17.8 Å². The van der Waals surface area contributed by atoms with Crippen LogP contribution in [0.1, 0.15) is 15.9 Å². The van der Waals surface area contributed by atoms with Gasteiger partial charge in [-0.15, -0.1) is 0 Å². The number of methoxy groups -OCH3 is 1. The SMILES string of the molecule is COc1ccc2c(c1)C(=O)Cc1c(F)cccc1S2. The van der Waals surface area contributed by atoms with Gasteiger partial charge in [0.1, 0.15) is 11.6 Å². The zero-order valence-corrected chi connectivity index (χ0v) is 11.1. The summed E-state index contributed by atoms with van der Waals surface area (Å²) in [6.45, 7) is 0. The summed E-state index contributed by atoms with van der Waals surface area (Å²) in [6, 6.07) is 10.3. The molecule has 0 radical (unpaired) electrons. The van der Waals surface area contributed by atoms with Crippen molar-refractivity contribution in [2.24, 2.45) is 0 Å². The van der Waals surface area contributed by atoms with Gasteiger partial charge >= 0.3 is 0 Å². The van der Waals surface area contributed by atoms with E-state index >= 15 is 0 Å². The molecule has 0 spiro atoms. The third kappa shape index (κ3) is 2.12. The molecule has 0 unspecified atom stereocenters. The maximum Gasteiger partial charge on any atom is 0.168 e. The molecule has 0 saturated heterocycles. The lowest BCUT2D eigenvalue weighted by Crippen LogP contribution is -2.05. The number of benzene rings is 2. The first kappa shape index (κ1) is 12.2. The number of halogens is 1. The van der Waals surface area contributed by atoms with Crippen LogP contribution >= 0.6 is 11.8 Å². The number of carbonyl (C=O) groups excluding carboxylic acids is 1. The number of hydrogen-bond donors (Lipinski definition) is 0. The summed E-state index contributed by atoms with van der Waals surface area (Å²) in [5.74, 6) is 0.238. The van der Waals surface area contributed by atoms with Gasteiger partial charge in [0.15, 0.2) is 5.78 Å². The molecule has 96 valence electrons.